The van der Waals surface area contributed by atoms with Gasteiger partial charge in [0.25, 0.3) is 0 Å². The number of rotatable bonds is 5. The van der Waals surface area contributed by atoms with Gasteiger partial charge >= 0.3 is 0 Å². The molecular formula is C19H23N3O2. The van der Waals surface area contributed by atoms with E-state index in [0.29, 0.717) is 24.2 Å². The molecule has 0 amide bonds. The van der Waals surface area contributed by atoms with Crippen molar-refractivity contribution < 1.29 is 9.47 Å². The van der Waals surface area contributed by atoms with E-state index in [1.807, 2.05) is 18.2 Å². The molecule has 0 unspecified atom stereocenters. The van der Waals surface area contributed by atoms with Crippen LogP contribution in [0.15, 0.2) is 47.5 Å². The summed E-state index contributed by atoms with van der Waals surface area (Å²) >= 11 is 0. The smallest absolute Gasteiger partial charge is 0.193 e. The van der Waals surface area contributed by atoms with Gasteiger partial charge in [-0.25, -0.2) is 0 Å². The van der Waals surface area contributed by atoms with E-state index in [4.69, 9.17) is 15.2 Å². The molecule has 5 heteroatoms. The Hall–Kier alpha value is -2.69. The van der Waals surface area contributed by atoms with Crippen molar-refractivity contribution in [1.82, 2.24) is 0 Å². The van der Waals surface area contributed by atoms with Crippen LogP contribution in [0.4, 0.5) is 5.69 Å². The van der Waals surface area contributed by atoms with Crippen LogP contribution in [-0.4, -0.2) is 26.7 Å². The third-order valence-electron chi connectivity index (χ3n) is 4.32. The highest BCUT2D eigenvalue weighted by Crippen LogP contribution is 2.29. The van der Waals surface area contributed by atoms with E-state index in [-0.39, 0.29) is 0 Å². The summed E-state index contributed by atoms with van der Waals surface area (Å²) in [5.74, 6) is 2.33. The van der Waals surface area contributed by atoms with Crippen LogP contribution in [0.3, 0.4) is 0 Å². The van der Waals surface area contributed by atoms with Crippen LogP contribution in [0.1, 0.15) is 11.1 Å². The van der Waals surface area contributed by atoms with Crippen LogP contribution < -0.4 is 20.5 Å². The normalized spacial score (nSPS) is 14.3. The molecular weight excluding hydrogens is 302 g/mol. The standard InChI is InChI=1S/C19H23N3O2/c1-23-16-7-8-18(24-2)17(11-16)22-19(20)21-12-13-9-14-5-3-4-6-15(14)10-13/h3-8,11,13H,9-10,12H2,1-2H3,(H3,20,21,22). The van der Waals surface area contributed by atoms with E-state index in [9.17, 15) is 0 Å². The summed E-state index contributed by atoms with van der Waals surface area (Å²) in [6, 6.07) is 14.1. The highest BCUT2D eigenvalue weighted by molar-refractivity contribution is 5.94. The summed E-state index contributed by atoms with van der Waals surface area (Å²) in [5.41, 5.74) is 9.65. The minimum Gasteiger partial charge on any atom is -0.497 e. The lowest BCUT2D eigenvalue weighted by molar-refractivity contribution is 0.405. The number of nitrogens with two attached hydrogens (primary N) is 1. The maximum Gasteiger partial charge on any atom is 0.193 e. The maximum atomic E-state index is 6.05. The molecule has 0 fully saturated rings. The number of guanidine groups is 1. The molecule has 2 aromatic rings. The second-order valence-corrected chi connectivity index (χ2v) is 5.96. The Morgan fingerprint density at radius 3 is 2.46 bits per heavy atom. The Kier molecular flexibility index (Phi) is 4.89. The van der Waals surface area contributed by atoms with Gasteiger partial charge in [0, 0.05) is 12.6 Å². The second-order valence-electron chi connectivity index (χ2n) is 5.96. The van der Waals surface area contributed by atoms with Crippen molar-refractivity contribution >= 4 is 11.6 Å². The number of methoxy groups -OCH3 is 2. The van der Waals surface area contributed by atoms with Crippen molar-refractivity contribution in [3.8, 4) is 11.5 Å². The number of aliphatic imine (C=N–C) groups is 1. The first-order valence-corrected chi connectivity index (χ1v) is 8.05. The number of hydrogen-bond acceptors (Lipinski definition) is 3. The topological polar surface area (TPSA) is 68.9 Å². The van der Waals surface area contributed by atoms with Crippen molar-refractivity contribution in [3.63, 3.8) is 0 Å². The molecule has 0 spiro atoms. The Morgan fingerprint density at radius 2 is 1.83 bits per heavy atom. The van der Waals surface area contributed by atoms with Gasteiger partial charge in [0.2, 0.25) is 0 Å². The van der Waals surface area contributed by atoms with Gasteiger partial charge in [0.1, 0.15) is 11.5 Å². The van der Waals surface area contributed by atoms with E-state index in [0.717, 1.165) is 24.3 Å². The third kappa shape index (κ3) is 3.62. The van der Waals surface area contributed by atoms with Crippen LogP contribution in [-0.2, 0) is 12.8 Å². The fourth-order valence-corrected chi connectivity index (χ4v) is 3.10. The summed E-state index contributed by atoms with van der Waals surface area (Å²) in [6.45, 7) is 0.708. The molecule has 1 aliphatic rings. The zero-order valence-electron chi connectivity index (χ0n) is 14.1. The molecule has 0 atom stereocenters. The van der Waals surface area contributed by atoms with E-state index in [1.165, 1.54) is 11.1 Å². The van der Waals surface area contributed by atoms with E-state index in [1.54, 1.807) is 14.2 Å². The van der Waals surface area contributed by atoms with Crippen molar-refractivity contribution in [2.75, 3.05) is 26.1 Å². The Balaban J connectivity index is 1.63. The lowest BCUT2D eigenvalue weighted by Gasteiger charge is -2.13. The molecule has 2 aromatic carbocycles. The summed E-state index contributed by atoms with van der Waals surface area (Å²) < 4.78 is 10.6. The van der Waals surface area contributed by atoms with E-state index >= 15 is 0 Å². The van der Waals surface area contributed by atoms with Crippen LogP contribution in [0.5, 0.6) is 11.5 Å². The average Bonchev–Trinajstić information content (AvgIpc) is 3.03. The van der Waals surface area contributed by atoms with Crippen LogP contribution >= 0.6 is 0 Å². The number of fused-ring (bicyclic) bond motifs is 1. The lowest BCUT2D eigenvalue weighted by Crippen LogP contribution is -2.24. The second kappa shape index (κ2) is 7.25. The predicted octanol–water partition coefficient (Wildman–Crippen LogP) is 2.85. The zero-order valence-corrected chi connectivity index (χ0v) is 14.1. The van der Waals surface area contributed by atoms with Gasteiger partial charge in [-0.2, -0.15) is 0 Å². The third-order valence-corrected chi connectivity index (χ3v) is 4.32. The van der Waals surface area contributed by atoms with Gasteiger partial charge in [-0.1, -0.05) is 24.3 Å². The van der Waals surface area contributed by atoms with E-state index < -0.39 is 0 Å². The average molecular weight is 325 g/mol. The molecule has 5 nitrogen and oxygen atoms in total. The Labute approximate surface area is 142 Å². The molecule has 126 valence electrons. The van der Waals surface area contributed by atoms with Crippen LogP contribution in [0, 0.1) is 5.92 Å². The number of anilines is 1. The summed E-state index contributed by atoms with van der Waals surface area (Å²) in [5, 5.41) is 3.10. The largest absolute Gasteiger partial charge is 0.497 e. The van der Waals surface area contributed by atoms with Gasteiger partial charge in [-0.3, -0.25) is 4.99 Å². The Morgan fingerprint density at radius 1 is 1.12 bits per heavy atom. The molecule has 0 saturated carbocycles. The quantitative estimate of drug-likeness (QED) is 0.655. The molecule has 1 aliphatic carbocycles. The predicted molar refractivity (Wildman–Crippen MR) is 97.0 cm³/mol. The van der Waals surface area contributed by atoms with Crippen molar-refractivity contribution in [3.05, 3.63) is 53.6 Å². The molecule has 3 N–H and O–H groups in total. The zero-order chi connectivity index (χ0) is 16.9. The molecule has 0 aromatic heterocycles. The fourth-order valence-electron chi connectivity index (χ4n) is 3.10. The van der Waals surface area contributed by atoms with Crippen LogP contribution in [0.25, 0.3) is 0 Å². The number of hydrogen-bond donors (Lipinski definition) is 2. The van der Waals surface area contributed by atoms with Gasteiger partial charge in [0.15, 0.2) is 5.96 Å². The van der Waals surface area contributed by atoms with Crippen molar-refractivity contribution in [2.24, 2.45) is 16.6 Å². The SMILES string of the molecule is COc1ccc(OC)c(NC(N)=NCC2Cc3ccccc3C2)c1. The Bertz CT molecular complexity index is 718. The summed E-state index contributed by atoms with van der Waals surface area (Å²) in [6.07, 6.45) is 2.13. The first kappa shape index (κ1) is 16.2. The van der Waals surface area contributed by atoms with Gasteiger partial charge < -0.3 is 20.5 Å². The number of nitrogens with one attached hydrogen (secondary N) is 1. The summed E-state index contributed by atoms with van der Waals surface area (Å²) in [7, 11) is 3.25. The number of nitrogens with zero attached hydrogens (tertiary/aromatic N) is 1. The van der Waals surface area contributed by atoms with Gasteiger partial charge in [-0.15, -0.1) is 0 Å². The van der Waals surface area contributed by atoms with E-state index in [2.05, 4.69) is 34.6 Å². The summed E-state index contributed by atoms with van der Waals surface area (Å²) in [4.78, 5) is 4.50. The van der Waals surface area contributed by atoms with Gasteiger partial charge in [0.05, 0.1) is 19.9 Å². The first-order valence-electron chi connectivity index (χ1n) is 8.05. The first-order chi connectivity index (χ1) is 11.7. The highest BCUT2D eigenvalue weighted by atomic mass is 16.5. The van der Waals surface area contributed by atoms with Crippen molar-refractivity contribution in [1.29, 1.82) is 0 Å². The van der Waals surface area contributed by atoms with Crippen LogP contribution in [0.2, 0.25) is 0 Å². The maximum absolute atomic E-state index is 6.05. The minimum absolute atomic E-state index is 0.387. The number of ether oxygens (including phenoxy) is 2. The fraction of sp³-hybridized carbons (Fsp3) is 0.316. The highest BCUT2D eigenvalue weighted by Gasteiger charge is 2.20. The molecule has 24 heavy (non-hydrogen) atoms. The molecule has 0 radical (unpaired) electrons. The minimum atomic E-state index is 0.387. The number of benzene rings is 2. The van der Waals surface area contributed by atoms with Gasteiger partial charge in [-0.05, 0) is 42.0 Å². The molecule has 0 aliphatic heterocycles. The monoisotopic (exact) mass is 325 g/mol. The molecule has 0 saturated heterocycles. The van der Waals surface area contributed by atoms with Crippen molar-refractivity contribution in [2.45, 2.75) is 12.8 Å². The molecule has 0 bridgehead atoms. The molecule has 0 heterocycles. The molecule has 3 rings (SSSR count). The lowest BCUT2D eigenvalue weighted by atomic mass is 10.1.